The van der Waals surface area contributed by atoms with Gasteiger partial charge in [-0.25, -0.2) is 9.97 Å². The second-order valence-electron chi connectivity index (χ2n) is 11.8. The highest BCUT2D eigenvalue weighted by Crippen LogP contribution is 2.34. The summed E-state index contributed by atoms with van der Waals surface area (Å²) >= 11 is 0. The van der Waals surface area contributed by atoms with Crippen molar-refractivity contribution in [1.82, 2.24) is 24.0 Å². The molecule has 0 atom stereocenters. The first-order chi connectivity index (χ1) is 24.2. The molecule has 0 unspecified atom stereocenters. The van der Waals surface area contributed by atoms with Crippen LogP contribution in [0.25, 0.3) is 11.0 Å². The summed E-state index contributed by atoms with van der Waals surface area (Å²) in [6, 6.07) is 18.3. The highest BCUT2D eigenvalue weighted by Gasteiger charge is 2.21. The number of amides is 2. The molecule has 2 amide bonds. The number of carbonyl (C=O) groups excluding carboxylic acids is 2. The molecule has 0 aliphatic heterocycles. The number of aromatic nitrogens is 4. The van der Waals surface area contributed by atoms with Gasteiger partial charge in [-0.15, -0.1) is 0 Å². The number of methoxy groups -OCH3 is 2. The quantitative estimate of drug-likeness (QED) is 0.172. The third-order valence-electron chi connectivity index (χ3n) is 8.41. The van der Waals surface area contributed by atoms with Crippen LogP contribution in [0.3, 0.4) is 0 Å². The van der Waals surface area contributed by atoms with E-state index in [1.165, 1.54) is 26.4 Å². The third kappa shape index (κ3) is 7.58. The highest BCUT2D eigenvalue weighted by molar-refractivity contribution is 6.12. The van der Waals surface area contributed by atoms with E-state index in [9.17, 15) is 14.4 Å². The zero-order chi connectivity index (χ0) is 35.2. The van der Waals surface area contributed by atoms with E-state index in [2.05, 4.69) is 25.5 Å². The lowest BCUT2D eigenvalue weighted by atomic mass is 10.1. The van der Waals surface area contributed by atoms with E-state index >= 15 is 0 Å². The van der Waals surface area contributed by atoms with Crippen molar-refractivity contribution in [3.8, 4) is 11.5 Å². The van der Waals surface area contributed by atoms with E-state index in [4.69, 9.17) is 13.9 Å². The number of imidazole rings is 2. The number of anilines is 2. The van der Waals surface area contributed by atoms with Gasteiger partial charge in [-0.3, -0.25) is 19.3 Å². The number of nitrogens with one attached hydrogen (secondary N) is 2. The summed E-state index contributed by atoms with van der Waals surface area (Å²) in [5, 5.41) is 5.96. The average Bonchev–Trinajstić information content (AvgIpc) is 3.73. The summed E-state index contributed by atoms with van der Waals surface area (Å²) in [5.41, 5.74) is 4.04. The number of benzene rings is 3. The molecule has 3 aromatic heterocycles. The van der Waals surface area contributed by atoms with Gasteiger partial charge in [0.05, 0.1) is 54.9 Å². The minimum Gasteiger partial charge on any atom is -0.493 e. The lowest BCUT2D eigenvalue weighted by Gasteiger charge is -2.22. The largest absolute Gasteiger partial charge is 0.493 e. The molecule has 50 heavy (non-hydrogen) atoms. The highest BCUT2D eigenvalue weighted by atomic mass is 16.5. The molecule has 0 fully saturated rings. The number of aryl methyl sites for hydroxylation is 2. The van der Waals surface area contributed by atoms with Gasteiger partial charge in [0.25, 0.3) is 11.8 Å². The van der Waals surface area contributed by atoms with E-state index in [0.29, 0.717) is 22.6 Å². The number of rotatable bonds is 13. The number of hydrogen-bond donors (Lipinski definition) is 2. The van der Waals surface area contributed by atoms with E-state index in [-0.39, 0.29) is 28.0 Å². The van der Waals surface area contributed by atoms with Crippen LogP contribution in [-0.2, 0) is 33.6 Å². The van der Waals surface area contributed by atoms with Crippen LogP contribution in [0, 0.1) is 0 Å². The van der Waals surface area contributed by atoms with Crippen molar-refractivity contribution in [1.29, 1.82) is 0 Å². The molecule has 13 heteroatoms. The molecule has 13 nitrogen and oxygen atoms in total. The lowest BCUT2D eigenvalue weighted by molar-refractivity contribution is 0.0997. The van der Waals surface area contributed by atoms with Gasteiger partial charge in [0.1, 0.15) is 5.58 Å². The Bertz CT molecular complexity index is 2160. The Labute approximate surface area is 288 Å². The second kappa shape index (κ2) is 14.9. The Morgan fingerprint density at radius 3 is 2.08 bits per heavy atom. The molecule has 0 spiro atoms. The van der Waals surface area contributed by atoms with Crippen LogP contribution in [0.4, 0.5) is 11.4 Å². The third-order valence-corrected chi connectivity index (χ3v) is 8.41. The minimum atomic E-state index is -0.709. The monoisotopic (exact) mass is 675 g/mol. The Hall–Kier alpha value is -6.21. The molecule has 0 bridgehead atoms. The molecular formula is C37H37N7O6. The molecule has 6 aromatic rings. The van der Waals surface area contributed by atoms with E-state index < -0.39 is 11.8 Å². The molecule has 0 aliphatic rings. The summed E-state index contributed by atoms with van der Waals surface area (Å²) in [6.07, 6.45) is 8.13. The topological polar surface area (TPSA) is 146 Å². The van der Waals surface area contributed by atoms with Crippen LogP contribution < -0.4 is 25.5 Å². The van der Waals surface area contributed by atoms with Crippen molar-refractivity contribution in [3.63, 3.8) is 0 Å². The number of hydrogen-bond acceptors (Lipinski definition) is 9. The predicted octanol–water partition coefficient (Wildman–Crippen LogP) is 5.03. The van der Waals surface area contributed by atoms with Crippen molar-refractivity contribution >= 4 is 34.2 Å². The fraction of sp³-hybridized carbons (Fsp3) is 0.216. The fourth-order valence-corrected chi connectivity index (χ4v) is 5.56. The first-order valence-corrected chi connectivity index (χ1v) is 15.9. The van der Waals surface area contributed by atoms with Crippen LogP contribution in [0.1, 0.15) is 37.9 Å². The van der Waals surface area contributed by atoms with Crippen LogP contribution in [0.5, 0.6) is 11.5 Å². The first kappa shape index (κ1) is 33.7. The van der Waals surface area contributed by atoms with Gasteiger partial charge < -0.3 is 33.7 Å². The Kier molecular flexibility index (Phi) is 10.0. The summed E-state index contributed by atoms with van der Waals surface area (Å²) in [7, 11) is 6.88. The molecule has 3 heterocycles. The summed E-state index contributed by atoms with van der Waals surface area (Å²) < 4.78 is 20.6. The molecule has 0 saturated carbocycles. The SMILES string of the molecule is COc1cc(NC(=O)c2cc(=O)c3ccccc3o2)c(C(=O)Nc2ccc(CCN(Cc3cncn3C)Cc3cncn3C)cc2)cc1OC. The second-order valence-corrected chi connectivity index (χ2v) is 11.8. The van der Waals surface area contributed by atoms with Crippen LogP contribution in [-0.4, -0.2) is 56.6 Å². The van der Waals surface area contributed by atoms with Crippen molar-refractivity contribution in [2.45, 2.75) is 19.5 Å². The van der Waals surface area contributed by atoms with Crippen molar-refractivity contribution in [3.05, 3.63) is 130 Å². The zero-order valence-electron chi connectivity index (χ0n) is 28.2. The molecule has 6 rings (SSSR count). The van der Waals surface area contributed by atoms with Crippen LogP contribution in [0.15, 0.2) is 101 Å². The molecule has 0 radical (unpaired) electrons. The van der Waals surface area contributed by atoms with Gasteiger partial charge in [-0.2, -0.15) is 0 Å². The first-order valence-electron chi connectivity index (χ1n) is 15.9. The predicted molar refractivity (Wildman–Crippen MR) is 189 cm³/mol. The molecular weight excluding hydrogens is 638 g/mol. The van der Waals surface area contributed by atoms with E-state index in [1.54, 1.807) is 36.9 Å². The number of carbonyl (C=O) groups is 2. The minimum absolute atomic E-state index is 0.115. The number of nitrogens with zero attached hydrogens (tertiary/aromatic N) is 5. The average molecular weight is 676 g/mol. The van der Waals surface area contributed by atoms with E-state index in [1.807, 2.05) is 59.9 Å². The van der Waals surface area contributed by atoms with Crippen LogP contribution in [0.2, 0.25) is 0 Å². The fourth-order valence-electron chi connectivity index (χ4n) is 5.56. The zero-order valence-corrected chi connectivity index (χ0v) is 28.2. The number of ether oxygens (including phenoxy) is 2. The van der Waals surface area contributed by atoms with Gasteiger partial charge in [0.2, 0.25) is 0 Å². The Morgan fingerprint density at radius 2 is 1.46 bits per heavy atom. The van der Waals surface area contributed by atoms with Crippen molar-refractivity contribution in [2.24, 2.45) is 14.1 Å². The molecule has 3 aromatic carbocycles. The molecule has 256 valence electrons. The van der Waals surface area contributed by atoms with Crippen molar-refractivity contribution < 1.29 is 23.5 Å². The van der Waals surface area contributed by atoms with Gasteiger partial charge in [-0.05, 0) is 42.3 Å². The maximum absolute atomic E-state index is 13.7. The standard InChI is InChI=1S/C37H37N7O6/c1-42-22-38-18-26(42)20-44(21-27-19-39-23-43(27)2)14-13-24-9-11-25(12-10-24)40-36(46)29-15-33(48-3)34(49-4)16-30(29)41-37(47)35-17-31(45)28-7-5-6-8-32(28)50-35/h5-12,15-19,22-23H,13-14,20-21H2,1-4H3,(H,40,46)(H,41,47). The Morgan fingerprint density at radius 1 is 0.820 bits per heavy atom. The maximum atomic E-state index is 13.7. The number of para-hydroxylation sites is 1. The smallest absolute Gasteiger partial charge is 0.291 e. The Balaban J connectivity index is 1.17. The van der Waals surface area contributed by atoms with Crippen molar-refractivity contribution in [2.75, 3.05) is 31.4 Å². The van der Waals surface area contributed by atoms with E-state index in [0.717, 1.165) is 49.1 Å². The summed E-state index contributed by atoms with van der Waals surface area (Å²) in [4.78, 5) is 50.4. The van der Waals surface area contributed by atoms with Gasteiger partial charge in [0, 0.05) is 63.9 Å². The van der Waals surface area contributed by atoms with Gasteiger partial charge in [-0.1, -0.05) is 24.3 Å². The van der Waals surface area contributed by atoms with Gasteiger partial charge >= 0.3 is 0 Å². The van der Waals surface area contributed by atoms with Crippen LogP contribution >= 0.6 is 0 Å². The normalized spacial score (nSPS) is 11.1. The lowest BCUT2D eigenvalue weighted by Crippen LogP contribution is -2.27. The summed E-state index contributed by atoms with van der Waals surface area (Å²) in [5.74, 6) is -0.814. The summed E-state index contributed by atoms with van der Waals surface area (Å²) in [6.45, 7) is 2.24. The molecule has 2 N–H and O–H groups in total. The van der Waals surface area contributed by atoms with Gasteiger partial charge in [0.15, 0.2) is 22.7 Å². The molecule has 0 saturated heterocycles. The number of fused-ring (bicyclic) bond motifs is 1. The maximum Gasteiger partial charge on any atom is 0.291 e. The molecule has 0 aliphatic carbocycles.